The lowest BCUT2D eigenvalue weighted by Crippen LogP contribution is -2.35. The van der Waals surface area contributed by atoms with E-state index in [1.165, 1.54) is 153 Å². The molecular weight excluding hydrogens is 446 g/mol. The van der Waals surface area contributed by atoms with Crippen LogP contribution in [-0.4, -0.2) is 24.0 Å². The molecule has 0 bridgehead atoms. The quantitative estimate of drug-likeness (QED) is 0.149. The highest BCUT2D eigenvalue weighted by Gasteiger charge is 2.29. The average Bonchev–Trinajstić information content (AvgIpc) is 3.04. The summed E-state index contributed by atoms with van der Waals surface area (Å²) in [6, 6.07) is 11.4. The van der Waals surface area contributed by atoms with Gasteiger partial charge >= 0.3 is 0 Å². The predicted molar refractivity (Wildman–Crippen MR) is 167 cm³/mol. The van der Waals surface area contributed by atoms with E-state index in [4.69, 9.17) is 0 Å². The van der Waals surface area contributed by atoms with E-state index in [1.54, 1.807) is 0 Å². The average molecular weight is 510 g/mol. The number of hydrogen-bond donors (Lipinski definition) is 0. The molecule has 1 aliphatic rings. The van der Waals surface area contributed by atoms with Crippen molar-refractivity contribution < 1.29 is 0 Å². The van der Waals surface area contributed by atoms with Crippen molar-refractivity contribution in [2.24, 2.45) is 5.41 Å². The van der Waals surface area contributed by atoms with E-state index in [9.17, 15) is 0 Å². The van der Waals surface area contributed by atoms with Crippen LogP contribution in [0.2, 0.25) is 0 Å². The standard InChI is InChI=1S/C36H63N/c1-4-5-6-7-8-9-10-11-12-13-14-15-16-17-18-19-20-24-31-37-32-25-30-36(2,3)33-35(37)29-28-34-26-22-21-23-27-34/h21-23,26-29,35H,4-20,24-25,30-33H2,1-3H3. The summed E-state index contributed by atoms with van der Waals surface area (Å²) in [4.78, 5) is 2.79. The molecule has 0 amide bonds. The van der Waals surface area contributed by atoms with Crippen molar-refractivity contribution in [1.82, 2.24) is 4.90 Å². The Kier molecular flexibility index (Phi) is 18.1. The van der Waals surface area contributed by atoms with Crippen LogP contribution in [0.5, 0.6) is 0 Å². The van der Waals surface area contributed by atoms with E-state index >= 15 is 0 Å². The highest BCUT2D eigenvalue weighted by atomic mass is 15.2. The molecule has 1 fully saturated rings. The molecule has 212 valence electrons. The monoisotopic (exact) mass is 509 g/mol. The SMILES string of the molecule is CCCCCCCCCCCCCCCCCCCCN1CCCC(C)(C)CC1C=Cc1ccccc1. The summed E-state index contributed by atoms with van der Waals surface area (Å²) in [6.45, 7) is 9.79. The highest BCUT2D eigenvalue weighted by molar-refractivity contribution is 5.49. The van der Waals surface area contributed by atoms with Gasteiger partial charge in [-0.2, -0.15) is 0 Å². The molecular formula is C36H63N. The van der Waals surface area contributed by atoms with Gasteiger partial charge in [0.25, 0.3) is 0 Å². The Morgan fingerprint density at radius 3 is 1.70 bits per heavy atom. The van der Waals surface area contributed by atoms with Gasteiger partial charge in [0.2, 0.25) is 0 Å². The van der Waals surface area contributed by atoms with Gasteiger partial charge in [0.05, 0.1) is 0 Å². The summed E-state index contributed by atoms with van der Waals surface area (Å²) < 4.78 is 0. The molecule has 0 aromatic heterocycles. The molecule has 37 heavy (non-hydrogen) atoms. The Bertz CT molecular complexity index is 661. The van der Waals surface area contributed by atoms with Crippen molar-refractivity contribution >= 4 is 6.08 Å². The fourth-order valence-electron chi connectivity index (χ4n) is 6.19. The van der Waals surface area contributed by atoms with Crippen LogP contribution >= 0.6 is 0 Å². The van der Waals surface area contributed by atoms with Crippen LogP contribution < -0.4 is 0 Å². The number of rotatable bonds is 21. The molecule has 1 aliphatic heterocycles. The number of unbranched alkanes of at least 4 members (excludes halogenated alkanes) is 17. The third-order valence-corrected chi connectivity index (χ3v) is 8.64. The van der Waals surface area contributed by atoms with Crippen LogP contribution in [0.15, 0.2) is 36.4 Å². The Labute approximate surface area is 232 Å². The van der Waals surface area contributed by atoms with Crippen molar-refractivity contribution in [3.8, 4) is 0 Å². The van der Waals surface area contributed by atoms with E-state index in [0.29, 0.717) is 11.5 Å². The zero-order chi connectivity index (χ0) is 26.4. The zero-order valence-corrected chi connectivity index (χ0v) is 25.3. The number of nitrogens with zero attached hydrogens (tertiary/aromatic N) is 1. The van der Waals surface area contributed by atoms with Crippen molar-refractivity contribution in [3.63, 3.8) is 0 Å². The zero-order valence-electron chi connectivity index (χ0n) is 25.3. The van der Waals surface area contributed by atoms with Crippen molar-refractivity contribution in [2.75, 3.05) is 13.1 Å². The summed E-state index contributed by atoms with van der Waals surface area (Å²) in [5, 5.41) is 0. The first-order chi connectivity index (χ1) is 18.1. The molecule has 1 heteroatoms. The van der Waals surface area contributed by atoms with Gasteiger partial charge in [-0.3, -0.25) is 4.90 Å². The first kappa shape index (κ1) is 32.1. The molecule has 1 atom stereocenters. The first-order valence-electron chi connectivity index (χ1n) is 16.6. The summed E-state index contributed by atoms with van der Waals surface area (Å²) in [5.74, 6) is 0. The molecule has 1 saturated heterocycles. The van der Waals surface area contributed by atoms with E-state index in [1.807, 2.05) is 0 Å². The van der Waals surface area contributed by atoms with E-state index in [0.717, 1.165) is 0 Å². The van der Waals surface area contributed by atoms with Crippen LogP contribution in [0, 0.1) is 5.41 Å². The smallest absolute Gasteiger partial charge is 0.0286 e. The molecule has 1 aromatic rings. The lowest BCUT2D eigenvalue weighted by molar-refractivity contribution is 0.206. The molecule has 0 saturated carbocycles. The Morgan fingerprint density at radius 1 is 0.703 bits per heavy atom. The third kappa shape index (κ3) is 16.5. The Morgan fingerprint density at radius 2 is 1.19 bits per heavy atom. The maximum absolute atomic E-state index is 2.79. The fraction of sp³-hybridized carbons (Fsp3) is 0.778. The van der Waals surface area contributed by atoms with Gasteiger partial charge in [-0.1, -0.05) is 172 Å². The number of likely N-dealkylation sites (tertiary alicyclic amines) is 1. The second-order valence-corrected chi connectivity index (χ2v) is 12.9. The highest BCUT2D eigenvalue weighted by Crippen LogP contribution is 2.34. The minimum Gasteiger partial charge on any atom is -0.297 e. The van der Waals surface area contributed by atoms with Gasteiger partial charge in [0.1, 0.15) is 0 Å². The van der Waals surface area contributed by atoms with Crippen molar-refractivity contribution in [3.05, 3.63) is 42.0 Å². The van der Waals surface area contributed by atoms with Crippen molar-refractivity contribution in [1.29, 1.82) is 0 Å². The second kappa shape index (κ2) is 20.8. The van der Waals surface area contributed by atoms with Crippen LogP contribution in [0.1, 0.15) is 161 Å². The summed E-state index contributed by atoms with van der Waals surface area (Å²) >= 11 is 0. The topological polar surface area (TPSA) is 3.24 Å². The van der Waals surface area contributed by atoms with Crippen LogP contribution in [0.3, 0.4) is 0 Å². The molecule has 1 unspecified atom stereocenters. The van der Waals surface area contributed by atoms with Gasteiger partial charge in [0, 0.05) is 6.04 Å². The third-order valence-electron chi connectivity index (χ3n) is 8.64. The fourth-order valence-corrected chi connectivity index (χ4v) is 6.19. The van der Waals surface area contributed by atoms with Crippen molar-refractivity contribution in [2.45, 2.75) is 162 Å². The van der Waals surface area contributed by atoms with E-state index < -0.39 is 0 Å². The molecule has 1 aromatic carbocycles. The lowest BCUT2D eigenvalue weighted by atomic mass is 9.82. The molecule has 0 spiro atoms. The molecule has 2 rings (SSSR count). The second-order valence-electron chi connectivity index (χ2n) is 12.9. The largest absolute Gasteiger partial charge is 0.297 e. The maximum Gasteiger partial charge on any atom is 0.0286 e. The normalized spacial score (nSPS) is 18.4. The summed E-state index contributed by atoms with van der Waals surface area (Å²) in [6.07, 6.45) is 35.0. The van der Waals surface area contributed by atoms with Gasteiger partial charge in [0.15, 0.2) is 0 Å². The predicted octanol–water partition coefficient (Wildman–Crippen LogP) is 11.6. The first-order valence-corrected chi connectivity index (χ1v) is 16.6. The Balaban J connectivity index is 1.47. The number of hydrogen-bond acceptors (Lipinski definition) is 1. The van der Waals surface area contributed by atoms with Crippen LogP contribution in [0.25, 0.3) is 6.08 Å². The lowest BCUT2D eigenvalue weighted by Gasteiger charge is -2.31. The maximum atomic E-state index is 2.79. The minimum atomic E-state index is 0.453. The van der Waals surface area contributed by atoms with Crippen LogP contribution in [0.4, 0.5) is 0 Å². The molecule has 0 radical (unpaired) electrons. The van der Waals surface area contributed by atoms with Gasteiger partial charge in [-0.15, -0.1) is 0 Å². The minimum absolute atomic E-state index is 0.453. The summed E-state index contributed by atoms with van der Waals surface area (Å²) in [5.41, 5.74) is 1.78. The molecule has 0 aliphatic carbocycles. The van der Waals surface area contributed by atoms with Gasteiger partial charge in [-0.25, -0.2) is 0 Å². The van der Waals surface area contributed by atoms with Crippen LogP contribution in [-0.2, 0) is 0 Å². The molecule has 0 N–H and O–H groups in total. The van der Waals surface area contributed by atoms with E-state index in [-0.39, 0.29) is 0 Å². The molecule has 1 heterocycles. The van der Waals surface area contributed by atoms with Gasteiger partial charge < -0.3 is 0 Å². The van der Waals surface area contributed by atoms with E-state index in [2.05, 4.69) is 68.2 Å². The number of benzene rings is 1. The summed E-state index contributed by atoms with van der Waals surface area (Å²) in [7, 11) is 0. The van der Waals surface area contributed by atoms with Gasteiger partial charge in [-0.05, 0) is 49.8 Å². The Hall–Kier alpha value is -1.08. The molecule has 1 nitrogen and oxygen atoms in total.